The predicted molar refractivity (Wildman–Crippen MR) is 95.8 cm³/mol. The number of amides is 1. The van der Waals surface area contributed by atoms with Gasteiger partial charge in [-0.15, -0.1) is 0 Å². The molecule has 7 heteroatoms. The van der Waals surface area contributed by atoms with Gasteiger partial charge in [0.05, 0.1) is 10.0 Å². The van der Waals surface area contributed by atoms with Crippen molar-refractivity contribution in [2.45, 2.75) is 19.6 Å². The van der Waals surface area contributed by atoms with Crippen LogP contribution in [0.1, 0.15) is 12.5 Å². The summed E-state index contributed by atoms with van der Waals surface area (Å²) in [7, 11) is 0. The van der Waals surface area contributed by atoms with Gasteiger partial charge in [0.25, 0.3) is 5.91 Å². The highest BCUT2D eigenvalue weighted by Crippen LogP contribution is 2.22. The van der Waals surface area contributed by atoms with Gasteiger partial charge in [-0.1, -0.05) is 47.5 Å². The Hall–Kier alpha value is -2.24. The van der Waals surface area contributed by atoms with E-state index in [1.807, 2.05) is 6.07 Å². The number of para-hydroxylation sites is 1. The molecule has 25 heavy (non-hydrogen) atoms. The van der Waals surface area contributed by atoms with Crippen molar-refractivity contribution in [3.05, 3.63) is 64.1 Å². The lowest BCUT2D eigenvalue weighted by Gasteiger charge is -2.14. The fourth-order valence-electron chi connectivity index (χ4n) is 1.92. The van der Waals surface area contributed by atoms with Gasteiger partial charge in [0.1, 0.15) is 18.4 Å². The third kappa shape index (κ3) is 6.29. The Balaban J connectivity index is 1.75. The van der Waals surface area contributed by atoms with E-state index in [-0.39, 0.29) is 13.2 Å². The molecule has 0 aliphatic carbocycles. The van der Waals surface area contributed by atoms with Crippen LogP contribution in [0.3, 0.4) is 0 Å². The predicted octanol–water partition coefficient (Wildman–Crippen LogP) is 3.62. The molecule has 0 bridgehead atoms. The van der Waals surface area contributed by atoms with Crippen molar-refractivity contribution < 1.29 is 19.1 Å². The number of ether oxygens (including phenoxy) is 2. The van der Waals surface area contributed by atoms with Gasteiger partial charge < -0.3 is 14.8 Å². The van der Waals surface area contributed by atoms with Crippen molar-refractivity contribution in [3.8, 4) is 5.75 Å². The van der Waals surface area contributed by atoms with Crippen molar-refractivity contribution in [2.75, 3.05) is 6.61 Å². The Morgan fingerprint density at radius 1 is 1.08 bits per heavy atom. The largest absolute Gasteiger partial charge is 0.484 e. The van der Waals surface area contributed by atoms with Gasteiger partial charge in [-0.2, -0.15) is 0 Å². The summed E-state index contributed by atoms with van der Waals surface area (Å²) >= 11 is 11.7. The molecular formula is C18H17Cl2NO4. The molecule has 2 aromatic carbocycles. The monoisotopic (exact) mass is 381 g/mol. The number of nitrogens with one attached hydrogen (secondary N) is 1. The summed E-state index contributed by atoms with van der Waals surface area (Å²) in [6, 6.07) is 13.1. The number of carbonyl (C=O) groups is 2. The number of hydrogen-bond donors (Lipinski definition) is 1. The normalized spacial score (nSPS) is 11.5. The molecule has 0 saturated heterocycles. The second-order valence-corrected chi connectivity index (χ2v) is 6.06. The molecule has 132 valence electrons. The Kier molecular flexibility index (Phi) is 7.10. The number of benzene rings is 2. The van der Waals surface area contributed by atoms with E-state index in [2.05, 4.69) is 5.32 Å². The lowest BCUT2D eigenvalue weighted by Crippen LogP contribution is -2.41. The van der Waals surface area contributed by atoms with E-state index in [0.29, 0.717) is 21.4 Å². The molecule has 0 fully saturated rings. The highest BCUT2D eigenvalue weighted by atomic mass is 35.5. The van der Waals surface area contributed by atoms with Crippen molar-refractivity contribution in [2.24, 2.45) is 0 Å². The van der Waals surface area contributed by atoms with E-state index in [1.54, 1.807) is 42.5 Å². The summed E-state index contributed by atoms with van der Waals surface area (Å²) in [6.45, 7) is 1.39. The number of carbonyl (C=O) groups excluding carboxylic acids is 2. The standard InChI is InChI=1S/C18H17Cl2NO4/c1-12(21-17(22)11-24-14-5-3-2-4-6-14)18(23)25-10-13-7-8-15(19)16(20)9-13/h2-9,12H,10-11H2,1H3,(H,21,22)/t12-/m0/s1. The molecule has 0 aliphatic rings. The smallest absolute Gasteiger partial charge is 0.328 e. The van der Waals surface area contributed by atoms with E-state index in [9.17, 15) is 9.59 Å². The quantitative estimate of drug-likeness (QED) is 0.743. The highest BCUT2D eigenvalue weighted by molar-refractivity contribution is 6.42. The van der Waals surface area contributed by atoms with E-state index in [4.69, 9.17) is 32.7 Å². The van der Waals surface area contributed by atoms with Crippen molar-refractivity contribution in [1.29, 1.82) is 0 Å². The molecule has 1 N–H and O–H groups in total. The maximum absolute atomic E-state index is 11.9. The van der Waals surface area contributed by atoms with Crippen molar-refractivity contribution >= 4 is 35.1 Å². The molecule has 1 atom stereocenters. The third-order valence-corrected chi connectivity index (χ3v) is 3.95. The van der Waals surface area contributed by atoms with Crippen LogP contribution in [0.15, 0.2) is 48.5 Å². The Morgan fingerprint density at radius 3 is 2.48 bits per heavy atom. The minimum Gasteiger partial charge on any atom is -0.484 e. The fourth-order valence-corrected chi connectivity index (χ4v) is 2.24. The molecule has 0 radical (unpaired) electrons. The van der Waals surface area contributed by atoms with Crippen molar-refractivity contribution in [1.82, 2.24) is 5.32 Å². The van der Waals surface area contributed by atoms with Crippen LogP contribution in [-0.2, 0) is 20.9 Å². The van der Waals surface area contributed by atoms with Gasteiger partial charge in [0, 0.05) is 0 Å². The minimum absolute atomic E-state index is 0.0381. The molecule has 0 saturated carbocycles. The second-order valence-electron chi connectivity index (χ2n) is 5.25. The molecule has 2 aromatic rings. The fraction of sp³-hybridized carbons (Fsp3) is 0.222. The number of esters is 1. The highest BCUT2D eigenvalue weighted by Gasteiger charge is 2.17. The molecule has 2 rings (SSSR count). The first-order valence-electron chi connectivity index (χ1n) is 7.53. The maximum Gasteiger partial charge on any atom is 0.328 e. The summed E-state index contributed by atoms with van der Waals surface area (Å²) in [5, 5.41) is 3.33. The van der Waals surface area contributed by atoms with Crippen LogP contribution < -0.4 is 10.1 Å². The van der Waals surface area contributed by atoms with Crippen LogP contribution >= 0.6 is 23.2 Å². The van der Waals surface area contributed by atoms with Crippen molar-refractivity contribution in [3.63, 3.8) is 0 Å². The first-order chi connectivity index (χ1) is 12.0. The molecule has 0 unspecified atom stereocenters. The molecule has 5 nitrogen and oxygen atoms in total. The lowest BCUT2D eigenvalue weighted by atomic mass is 10.2. The molecule has 0 aromatic heterocycles. The number of halogens is 2. The van der Waals surface area contributed by atoms with Gasteiger partial charge >= 0.3 is 5.97 Å². The summed E-state index contributed by atoms with van der Waals surface area (Å²) in [5.41, 5.74) is 0.702. The van der Waals surface area contributed by atoms with E-state index < -0.39 is 17.9 Å². The SMILES string of the molecule is C[C@H](NC(=O)COc1ccccc1)C(=O)OCc1ccc(Cl)c(Cl)c1. The van der Waals surface area contributed by atoms with Gasteiger partial charge in [-0.05, 0) is 36.8 Å². The summed E-state index contributed by atoms with van der Waals surface area (Å²) < 4.78 is 10.5. The Labute approximate surface area is 155 Å². The van der Waals surface area contributed by atoms with Crippen LogP contribution in [0, 0.1) is 0 Å². The molecule has 0 spiro atoms. The minimum atomic E-state index is -0.797. The van der Waals surface area contributed by atoms with E-state index >= 15 is 0 Å². The van der Waals surface area contributed by atoms with E-state index in [1.165, 1.54) is 6.92 Å². The topological polar surface area (TPSA) is 64.6 Å². The molecule has 0 heterocycles. The molecular weight excluding hydrogens is 365 g/mol. The lowest BCUT2D eigenvalue weighted by molar-refractivity contribution is -0.148. The zero-order valence-corrected chi connectivity index (χ0v) is 15.0. The Bertz CT molecular complexity index is 737. The van der Waals surface area contributed by atoms with Gasteiger partial charge in [0.15, 0.2) is 6.61 Å². The molecule has 1 amide bonds. The average molecular weight is 382 g/mol. The van der Waals surface area contributed by atoms with E-state index in [0.717, 1.165) is 0 Å². The van der Waals surface area contributed by atoms with Gasteiger partial charge in [0.2, 0.25) is 0 Å². The first-order valence-corrected chi connectivity index (χ1v) is 8.29. The van der Waals surface area contributed by atoms with Gasteiger partial charge in [-0.25, -0.2) is 4.79 Å². The third-order valence-electron chi connectivity index (χ3n) is 3.21. The second kappa shape index (κ2) is 9.30. The first kappa shape index (κ1) is 19.1. The van der Waals surface area contributed by atoms with Crippen LogP contribution in [-0.4, -0.2) is 24.5 Å². The summed E-state index contributed by atoms with van der Waals surface area (Å²) in [5.74, 6) is -0.394. The van der Waals surface area contributed by atoms with Gasteiger partial charge in [-0.3, -0.25) is 4.79 Å². The zero-order valence-electron chi connectivity index (χ0n) is 13.5. The van der Waals surface area contributed by atoms with Crippen LogP contribution in [0.2, 0.25) is 10.0 Å². The summed E-state index contributed by atoms with van der Waals surface area (Å²) in [4.78, 5) is 23.8. The zero-order chi connectivity index (χ0) is 18.2. The van der Waals surface area contributed by atoms with Crippen LogP contribution in [0.25, 0.3) is 0 Å². The Morgan fingerprint density at radius 2 is 1.80 bits per heavy atom. The number of hydrogen-bond acceptors (Lipinski definition) is 4. The summed E-state index contributed by atoms with van der Waals surface area (Å²) in [6.07, 6.45) is 0. The van der Waals surface area contributed by atoms with Crippen LogP contribution in [0.4, 0.5) is 0 Å². The molecule has 0 aliphatic heterocycles. The average Bonchev–Trinajstić information content (AvgIpc) is 2.61. The number of rotatable bonds is 7. The maximum atomic E-state index is 11.9. The van der Waals surface area contributed by atoms with Crippen LogP contribution in [0.5, 0.6) is 5.75 Å².